The molecule has 1 aromatic carbocycles. The van der Waals surface area contributed by atoms with Gasteiger partial charge in [0.25, 0.3) is 0 Å². The average molecular weight is 350 g/mol. The molecule has 0 aliphatic carbocycles. The number of hydrogen-bond acceptors (Lipinski definition) is 4. The monoisotopic (exact) mass is 349 g/mol. The zero-order chi connectivity index (χ0) is 14.2. The van der Waals surface area contributed by atoms with Crippen LogP contribution in [0.2, 0.25) is 0 Å². The molecule has 0 spiro atoms. The van der Waals surface area contributed by atoms with Crippen LogP contribution in [0.15, 0.2) is 24.3 Å². The van der Waals surface area contributed by atoms with Crippen molar-refractivity contribution in [3.8, 4) is 0 Å². The number of nitrogens with zero attached hydrogens (tertiary/aromatic N) is 1. The Labute approximate surface area is 144 Å². The summed E-state index contributed by atoms with van der Waals surface area (Å²) in [5, 5.41) is 5.86. The number of benzene rings is 1. The smallest absolute Gasteiger partial charge is 0.225 e. The van der Waals surface area contributed by atoms with Gasteiger partial charge in [0.05, 0.1) is 13.2 Å². The van der Waals surface area contributed by atoms with Gasteiger partial charge in [0.15, 0.2) is 0 Å². The molecule has 0 unspecified atom stereocenters. The van der Waals surface area contributed by atoms with E-state index in [4.69, 9.17) is 4.74 Å². The number of morpholine rings is 1. The van der Waals surface area contributed by atoms with Crippen LogP contribution in [0, 0.1) is 0 Å². The molecule has 2 N–H and O–H groups in total. The van der Waals surface area contributed by atoms with E-state index in [-0.39, 0.29) is 30.7 Å². The second-order valence-corrected chi connectivity index (χ2v) is 4.99. The highest BCUT2D eigenvalue weighted by Gasteiger charge is 2.10. The fraction of sp³-hybridized carbons (Fsp3) is 0.533. The SMILES string of the molecule is CNCCC(=O)Nc1ccc(CN2CCOCC2)cc1.Cl.Cl. The minimum absolute atomic E-state index is 0. The first-order chi connectivity index (χ1) is 9.78. The number of anilines is 1. The summed E-state index contributed by atoms with van der Waals surface area (Å²) < 4.78 is 5.34. The predicted molar refractivity (Wildman–Crippen MR) is 94.2 cm³/mol. The van der Waals surface area contributed by atoms with Crippen molar-refractivity contribution in [2.45, 2.75) is 13.0 Å². The maximum atomic E-state index is 11.6. The molecule has 1 aliphatic heterocycles. The van der Waals surface area contributed by atoms with Gasteiger partial charge >= 0.3 is 0 Å². The van der Waals surface area contributed by atoms with Crippen LogP contribution in [-0.2, 0) is 16.1 Å². The van der Waals surface area contributed by atoms with Crippen molar-refractivity contribution in [3.63, 3.8) is 0 Å². The van der Waals surface area contributed by atoms with Crippen molar-refractivity contribution in [1.82, 2.24) is 10.2 Å². The van der Waals surface area contributed by atoms with E-state index in [0.29, 0.717) is 13.0 Å². The Bertz CT molecular complexity index is 423. The third-order valence-electron chi connectivity index (χ3n) is 3.35. The van der Waals surface area contributed by atoms with Gasteiger partial charge < -0.3 is 15.4 Å². The lowest BCUT2D eigenvalue weighted by Crippen LogP contribution is -2.35. The fourth-order valence-electron chi connectivity index (χ4n) is 2.17. The molecule has 0 saturated carbocycles. The van der Waals surface area contributed by atoms with Gasteiger partial charge in [0, 0.05) is 38.3 Å². The summed E-state index contributed by atoms with van der Waals surface area (Å²) in [6.45, 7) is 5.25. The van der Waals surface area contributed by atoms with Gasteiger partial charge in [-0.1, -0.05) is 12.1 Å². The van der Waals surface area contributed by atoms with Gasteiger partial charge in [-0.25, -0.2) is 0 Å². The number of rotatable bonds is 6. The van der Waals surface area contributed by atoms with Gasteiger partial charge in [0.1, 0.15) is 0 Å². The molecule has 0 radical (unpaired) electrons. The van der Waals surface area contributed by atoms with E-state index >= 15 is 0 Å². The number of nitrogens with one attached hydrogen (secondary N) is 2. The van der Waals surface area contributed by atoms with Crippen molar-refractivity contribution >= 4 is 36.4 Å². The number of carbonyl (C=O) groups is 1. The standard InChI is InChI=1S/C15H23N3O2.2ClH/c1-16-7-6-15(19)17-14-4-2-13(3-5-14)12-18-8-10-20-11-9-18;;/h2-5,16H,6-12H2,1H3,(H,17,19);2*1H. The molecule has 1 saturated heterocycles. The van der Waals surface area contributed by atoms with Crippen molar-refractivity contribution in [1.29, 1.82) is 0 Å². The number of amides is 1. The molecule has 1 fully saturated rings. The van der Waals surface area contributed by atoms with Crippen LogP contribution in [0.4, 0.5) is 5.69 Å². The van der Waals surface area contributed by atoms with E-state index in [1.54, 1.807) is 0 Å². The minimum Gasteiger partial charge on any atom is -0.379 e. The summed E-state index contributed by atoms with van der Waals surface area (Å²) in [4.78, 5) is 14.0. The summed E-state index contributed by atoms with van der Waals surface area (Å²) in [6, 6.07) is 8.08. The topological polar surface area (TPSA) is 53.6 Å². The minimum atomic E-state index is 0. The number of ether oxygens (including phenoxy) is 1. The highest BCUT2D eigenvalue weighted by atomic mass is 35.5. The van der Waals surface area contributed by atoms with Gasteiger partial charge in [-0.05, 0) is 24.7 Å². The highest BCUT2D eigenvalue weighted by molar-refractivity contribution is 5.90. The summed E-state index contributed by atoms with van der Waals surface area (Å²) in [5.74, 6) is 0.0419. The summed E-state index contributed by atoms with van der Waals surface area (Å²) in [6.07, 6.45) is 0.492. The molecule has 0 bridgehead atoms. The lowest BCUT2D eigenvalue weighted by atomic mass is 10.2. The Morgan fingerprint density at radius 3 is 2.41 bits per heavy atom. The Morgan fingerprint density at radius 2 is 1.82 bits per heavy atom. The van der Waals surface area contributed by atoms with E-state index in [9.17, 15) is 4.79 Å². The normalized spacial score (nSPS) is 14.6. The van der Waals surface area contributed by atoms with E-state index in [1.807, 2.05) is 19.2 Å². The third-order valence-corrected chi connectivity index (χ3v) is 3.35. The molecule has 5 nitrogen and oxygen atoms in total. The Balaban J connectivity index is 0.00000220. The zero-order valence-electron chi connectivity index (χ0n) is 12.8. The van der Waals surface area contributed by atoms with Crippen LogP contribution >= 0.6 is 24.8 Å². The van der Waals surface area contributed by atoms with Crippen molar-refractivity contribution in [2.75, 3.05) is 45.2 Å². The quantitative estimate of drug-likeness (QED) is 0.823. The number of hydrogen-bond donors (Lipinski definition) is 2. The lowest BCUT2D eigenvalue weighted by Gasteiger charge is -2.26. The van der Waals surface area contributed by atoms with Crippen molar-refractivity contribution in [3.05, 3.63) is 29.8 Å². The molecule has 1 aromatic rings. The van der Waals surface area contributed by atoms with E-state index in [1.165, 1.54) is 5.56 Å². The van der Waals surface area contributed by atoms with Crippen LogP contribution in [0.3, 0.4) is 0 Å². The van der Waals surface area contributed by atoms with Crippen LogP contribution in [0.25, 0.3) is 0 Å². The molecule has 1 aliphatic rings. The van der Waals surface area contributed by atoms with E-state index in [0.717, 1.165) is 38.5 Å². The second kappa shape index (κ2) is 11.7. The molecule has 22 heavy (non-hydrogen) atoms. The summed E-state index contributed by atoms with van der Waals surface area (Å²) in [7, 11) is 1.84. The largest absolute Gasteiger partial charge is 0.379 e. The van der Waals surface area contributed by atoms with E-state index < -0.39 is 0 Å². The van der Waals surface area contributed by atoms with Gasteiger partial charge in [0.2, 0.25) is 5.91 Å². The van der Waals surface area contributed by atoms with Gasteiger partial charge in [-0.3, -0.25) is 9.69 Å². The Hall–Kier alpha value is -0.850. The first-order valence-corrected chi connectivity index (χ1v) is 7.11. The van der Waals surface area contributed by atoms with Gasteiger partial charge in [-0.2, -0.15) is 0 Å². The van der Waals surface area contributed by atoms with Crippen LogP contribution in [-0.4, -0.2) is 50.7 Å². The van der Waals surface area contributed by atoms with Crippen LogP contribution in [0.5, 0.6) is 0 Å². The fourth-order valence-corrected chi connectivity index (χ4v) is 2.17. The molecule has 0 atom stereocenters. The van der Waals surface area contributed by atoms with E-state index in [2.05, 4.69) is 27.7 Å². The first-order valence-electron chi connectivity index (χ1n) is 7.11. The molecule has 7 heteroatoms. The van der Waals surface area contributed by atoms with Crippen molar-refractivity contribution in [2.24, 2.45) is 0 Å². The molecule has 1 amide bonds. The molecule has 0 aromatic heterocycles. The van der Waals surface area contributed by atoms with Gasteiger partial charge in [-0.15, -0.1) is 24.8 Å². The molecule has 1 heterocycles. The maximum Gasteiger partial charge on any atom is 0.225 e. The number of carbonyl (C=O) groups excluding carboxylic acids is 1. The summed E-state index contributed by atoms with van der Waals surface area (Å²) >= 11 is 0. The highest BCUT2D eigenvalue weighted by Crippen LogP contribution is 2.12. The molecular formula is C15H25Cl2N3O2. The molecule has 2 rings (SSSR count). The van der Waals surface area contributed by atoms with Crippen molar-refractivity contribution < 1.29 is 9.53 Å². The summed E-state index contributed by atoms with van der Waals surface area (Å²) in [5.41, 5.74) is 2.12. The zero-order valence-corrected chi connectivity index (χ0v) is 14.5. The molecular weight excluding hydrogens is 325 g/mol. The predicted octanol–water partition coefficient (Wildman–Crippen LogP) is 1.91. The second-order valence-electron chi connectivity index (χ2n) is 4.99. The average Bonchev–Trinajstić information content (AvgIpc) is 2.48. The number of halogens is 2. The lowest BCUT2D eigenvalue weighted by molar-refractivity contribution is -0.116. The first kappa shape index (κ1) is 21.1. The van der Waals surface area contributed by atoms with Crippen LogP contribution in [0.1, 0.15) is 12.0 Å². The molecule has 126 valence electrons. The Kier molecular flexibility index (Phi) is 11.2. The Morgan fingerprint density at radius 1 is 1.18 bits per heavy atom. The maximum absolute atomic E-state index is 11.6. The third kappa shape index (κ3) is 7.42. The van der Waals surface area contributed by atoms with Crippen LogP contribution < -0.4 is 10.6 Å².